The van der Waals surface area contributed by atoms with Crippen LogP contribution in [0.2, 0.25) is 0 Å². The van der Waals surface area contributed by atoms with E-state index in [9.17, 15) is 4.79 Å². The summed E-state index contributed by atoms with van der Waals surface area (Å²) in [4.78, 5) is 12.2. The van der Waals surface area contributed by atoms with E-state index in [2.05, 4.69) is 5.32 Å². The Hall–Kier alpha value is -0.370. The van der Waals surface area contributed by atoms with Gasteiger partial charge < -0.3 is 5.32 Å². The van der Waals surface area contributed by atoms with E-state index in [-0.39, 0.29) is 0 Å². The number of carbonyl (C=O) groups is 1. The van der Waals surface area contributed by atoms with Gasteiger partial charge in [0, 0.05) is 17.9 Å². The van der Waals surface area contributed by atoms with Gasteiger partial charge in [0.05, 0.1) is 0 Å². The van der Waals surface area contributed by atoms with Gasteiger partial charge in [0.2, 0.25) is 0 Å². The first-order valence-corrected chi connectivity index (χ1v) is 6.52. The van der Waals surface area contributed by atoms with E-state index in [0.717, 1.165) is 12.8 Å². The molecule has 0 aromatic carbocycles. The fourth-order valence-electron chi connectivity index (χ4n) is 2.98. The molecule has 0 aromatic rings. The minimum atomic E-state index is 0.394. The number of ketones is 1. The topological polar surface area (TPSA) is 29.1 Å². The molecule has 1 N–H and O–H groups in total. The molecule has 0 unspecified atom stereocenters. The van der Waals surface area contributed by atoms with E-state index < -0.39 is 0 Å². The number of nitrogens with one attached hydrogen (secondary N) is 1. The van der Waals surface area contributed by atoms with E-state index >= 15 is 0 Å². The molecule has 0 atom stereocenters. The van der Waals surface area contributed by atoms with Crippen LogP contribution in [0, 0.1) is 11.8 Å². The van der Waals surface area contributed by atoms with Crippen LogP contribution >= 0.6 is 0 Å². The maximum absolute atomic E-state index is 12.2. The molecule has 2 saturated carbocycles. The summed E-state index contributed by atoms with van der Waals surface area (Å²) in [5.74, 6) is 1.39. The molecule has 86 valence electrons. The van der Waals surface area contributed by atoms with Crippen molar-refractivity contribution in [2.75, 3.05) is 7.05 Å². The highest BCUT2D eigenvalue weighted by Crippen LogP contribution is 2.34. The van der Waals surface area contributed by atoms with Gasteiger partial charge in [-0.3, -0.25) is 4.79 Å². The number of carbonyl (C=O) groups excluding carboxylic acids is 1. The third-order valence-electron chi connectivity index (χ3n) is 4.21. The average Bonchev–Trinajstić information content (AvgIpc) is 2.43. The summed E-state index contributed by atoms with van der Waals surface area (Å²) in [7, 11) is 2.00. The van der Waals surface area contributed by atoms with Gasteiger partial charge in [-0.25, -0.2) is 0 Å². The zero-order valence-corrected chi connectivity index (χ0v) is 9.80. The molecule has 2 fully saturated rings. The van der Waals surface area contributed by atoms with E-state index in [1.54, 1.807) is 0 Å². The molecule has 0 aliphatic heterocycles. The van der Waals surface area contributed by atoms with Crippen LogP contribution in [-0.2, 0) is 4.79 Å². The molecule has 0 amide bonds. The van der Waals surface area contributed by atoms with Crippen LogP contribution in [0.1, 0.15) is 51.4 Å². The molecule has 2 aliphatic rings. The number of Topliss-reactive ketones (excluding diaryl/α,β-unsaturated/α-hetero) is 1. The number of hydrogen-bond donors (Lipinski definition) is 1. The Balaban J connectivity index is 1.80. The molecule has 0 heterocycles. The summed E-state index contributed by atoms with van der Waals surface area (Å²) in [6, 6.07) is 0.615. The van der Waals surface area contributed by atoms with Crippen LogP contribution in [-0.4, -0.2) is 18.9 Å². The normalized spacial score (nSPS) is 33.1. The zero-order chi connectivity index (χ0) is 10.7. The molecular formula is C13H23NO. The lowest BCUT2D eigenvalue weighted by atomic mass is 9.73. The van der Waals surface area contributed by atoms with Gasteiger partial charge in [-0.1, -0.05) is 25.7 Å². The van der Waals surface area contributed by atoms with Crippen molar-refractivity contribution in [3.05, 3.63) is 0 Å². The summed E-state index contributed by atoms with van der Waals surface area (Å²) in [5, 5.41) is 3.25. The predicted octanol–water partition coefficient (Wildman–Crippen LogP) is 2.52. The van der Waals surface area contributed by atoms with Gasteiger partial charge >= 0.3 is 0 Å². The maximum Gasteiger partial charge on any atom is 0.139 e. The molecule has 0 saturated heterocycles. The van der Waals surface area contributed by atoms with Crippen LogP contribution in [0.5, 0.6) is 0 Å². The molecule has 2 rings (SSSR count). The predicted molar refractivity (Wildman–Crippen MR) is 61.8 cm³/mol. The van der Waals surface area contributed by atoms with Crippen molar-refractivity contribution in [3.8, 4) is 0 Å². The smallest absolute Gasteiger partial charge is 0.139 e. The standard InChI is InChI=1S/C13H23NO/c1-14-12-8-11(9-12)13(15)10-6-4-2-3-5-7-10/h10-12,14H,2-9H2,1H3. The Morgan fingerprint density at radius 2 is 1.60 bits per heavy atom. The lowest BCUT2D eigenvalue weighted by Gasteiger charge is -2.35. The quantitative estimate of drug-likeness (QED) is 0.724. The Morgan fingerprint density at radius 3 is 2.13 bits per heavy atom. The first-order chi connectivity index (χ1) is 7.31. The van der Waals surface area contributed by atoms with Gasteiger partial charge in [0.1, 0.15) is 5.78 Å². The largest absolute Gasteiger partial charge is 0.317 e. The second kappa shape index (κ2) is 5.11. The number of rotatable bonds is 3. The summed E-state index contributed by atoms with van der Waals surface area (Å²) < 4.78 is 0. The van der Waals surface area contributed by atoms with Crippen molar-refractivity contribution in [3.63, 3.8) is 0 Å². The highest BCUT2D eigenvalue weighted by molar-refractivity contribution is 5.84. The van der Waals surface area contributed by atoms with Crippen molar-refractivity contribution < 1.29 is 4.79 Å². The summed E-state index contributed by atoms with van der Waals surface area (Å²) in [5.41, 5.74) is 0. The van der Waals surface area contributed by atoms with Crippen molar-refractivity contribution in [2.24, 2.45) is 11.8 Å². The summed E-state index contributed by atoms with van der Waals surface area (Å²) in [6.07, 6.45) is 9.75. The van der Waals surface area contributed by atoms with Crippen molar-refractivity contribution in [2.45, 2.75) is 57.4 Å². The maximum atomic E-state index is 12.2. The average molecular weight is 209 g/mol. The molecular weight excluding hydrogens is 186 g/mol. The molecule has 0 radical (unpaired) electrons. The van der Waals surface area contributed by atoms with Crippen molar-refractivity contribution in [1.29, 1.82) is 0 Å². The number of hydrogen-bond acceptors (Lipinski definition) is 2. The van der Waals surface area contributed by atoms with E-state index in [0.29, 0.717) is 23.7 Å². The van der Waals surface area contributed by atoms with Crippen LogP contribution in [0.25, 0.3) is 0 Å². The van der Waals surface area contributed by atoms with E-state index in [1.807, 2.05) is 7.05 Å². The first-order valence-electron chi connectivity index (χ1n) is 6.52. The lowest BCUT2D eigenvalue weighted by Crippen LogP contribution is -2.44. The second-order valence-electron chi connectivity index (χ2n) is 5.24. The SMILES string of the molecule is CNC1CC(C(=O)C2CCCCCC2)C1. The Morgan fingerprint density at radius 1 is 1.00 bits per heavy atom. The fraction of sp³-hybridized carbons (Fsp3) is 0.923. The summed E-state index contributed by atoms with van der Waals surface area (Å²) in [6.45, 7) is 0. The van der Waals surface area contributed by atoms with E-state index in [4.69, 9.17) is 0 Å². The third kappa shape index (κ3) is 2.60. The second-order valence-corrected chi connectivity index (χ2v) is 5.24. The fourth-order valence-corrected chi connectivity index (χ4v) is 2.98. The zero-order valence-electron chi connectivity index (χ0n) is 9.80. The first kappa shape index (κ1) is 11.1. The van der Waals surface area contributed by atoms with Crippen LogP contribution < -0.4 is 5.32 Å². The van der Waals surface area contributed by atoms with Gasteiger partial charge in [0.25, 0.3) is 0 Å². The van der Waals surface area contributed by atoms with Crippen molar-refractivity contribution in [1.82, 2.24) is 5.32 Å². The highest BCUT2D eigenvalue weighted by Gasteiger charge is 2.36. The van der Waals surface area contributed by atoms with Crippen LogP contribution in [0.4, 0.5) is 0 Å². The minimum Gasteiger partial charge on any atom is -0.317 e. The monoisotopic (exact) mass is 209 g/mol. The van der Waals surface area contributed by atoms with Crippen LogP contribution in [0.3, 0.4) is 0 Å². The highest BCUT2D eigenvalue weighted by atomic mass is 16.1. The Bertz CT molecular complexity index is 213. The Labute approximate surface area is 92.8 Å². The minimum absolute atomic E-state index is 0.394. The lowest BCUT2D eigenvalue weighted by molar-refractivity contribution is -0.130. The van der Waals surface area contributed by atoms with Crippen molar-refractivity contribution >= 4 is 5.78 Å². The third-order valence-corrected chi connectivity index (χ3v) is 4.21. The molecule has 0 spiro atoms. The molecule has 2 heteroatoms. The molecule has 0 bridgehead atoms. The summed E-state index contributed by atoms with van der Waals surface area (Å²) >= 11 is 0. The van der Waals surface area contributed by atoms with Gasteiger partial charge in [-0.05, 0) is 32.7 Å². The molecule has 2 aliphatic carbocycles. The van der Waals surface area contributed by atoms with Gasteiger partial charge in [-0.2, -0.15) is 0 Å². The molecule has 15 heavy (non-hydrogen) atoms. The van der Waals surface area contributed by atoms with Gasteiger partial charge in [0.15, 0.2) is 0 Å². The van der Waals surface area contributed by atoms with Crippen LogP contribution in [0.15, 0.2) is 0 Å². The van der Waals surface area contributed by atoms with E-state index in [1.165, 1.54) is 38.5 Å². The Kier molecular flexibility index (Phi) is 3.79. The molecule has 0 aromatic heterocycles. The van der Waals surface area contributed by atoms with Gasteiger partial charge in [-0.15, -0.1) is 0 Å². The molecule has 2 nitrogen and oxygen atoms in total.